The third-order valence-electron chi connectivity index (χ3n) is 6.30. The van der Waals surface area contributed by atoms with Crippen LogP contribution in [0.25, 0.3) is 10.2 Å². The molecule has 3 heterocycles. The smallest absolute Gasteiger partial charge is 0.260 e. The molecule has 3 amide bonds. The third kappa shape index (κ3) is 4.16. The van der Waals surface area contributed by atoms with Crippen molar-refractivity contribution < 1.29 is 19.1 Å². The maximum Gasteiger partial charge on any atom is 0.260 e. The first-order chi connectivity index (χ1) is 15.9. The van der Waals surface area contributed by atoms with Gasteiger partial charge in [0, 0.05) is 25.0 Å². The predicted octanol–water partition coefficient (Wildman–Crippen LogP) is 4.39. The van der Waals surface area contributed by atoms with Gasteiger partial charge < -0.3 is 4.74 Å². The fourth-order valence-electron chi connectivity index (χ4n) is 4.30. The number of imide groups is 1. The van der Waals surface area contributed by atoms with Crippen molar-refractivity contribution in [3.63, 3.8) is 0 Å². The van der Waals surface area contributed by atoms with E-state index in [2.05, 4.69) is 26.0 Å². The van der Waals surface area contributed by atoms with Crippen LogP contribution in [0.4, 0.5) is 10.8 Å². The van der Waals surface area contributed by atoms with Crippen molar-refractivity contribution in [1.82, 2.24) is 4.98 Å². The van der Waals surface area contributed by atoms with E-state index in [9.17, 15) is 14.4 Å². The average Bonchev–Trinajstić information content (AvgIpc) is 3.53. The lowest BCUT2D eigenvalue weighted by atomic mass is 10.1. The largest absolute Gasteiger partial charge is 0.376 e. The summed E-state index contributed by atoms with van der Waals surface area (Å²) in [6.07, 6.45) is 2.32. The van der Waals surface area contributed by atoms with Crippen molar-refractivity contribution in [3.05, 3.63) is 53.1 Å². The summed E-state index contributed by atoms with van der Waals surface area (Å²) in [7, 11) is 0. The Kier molecular flexibility index (Phi) is 5.72. The number of ether oxygens (including phenoxy) is 1. The van der Waals surface area contributed by atoms with Gasteiger partial charge in [0.2, 0.25) is 11.8 Å². The van der Waals surface area contributed by atoms with Crippen LogP contribution in [-0.2, 0) is 14.3 Å². The van der Waals surface area contributed by atoms with Crippen LogP contribution in [0.15, 0.2) is 36.4 Å². The van der Waals surface area contributed by atoms with Crippen molar-refractivity contribution in [2.75, 3.05) is 23.0 Å². The van der Waals surface area contributed by atoms with E-state index in [0.717, 1.165) is 28.6 Å². The van der Waals surface area contributed by atoms with Gasteiger partial charge in [-0.05, 0) is 74.2 Å². The van der Waals surface area contributed by atoms with Gasteiger partial charge in [-0.1, -0.05) is 11.3 Å². The van der Waals surface area contributed by atoms with Gasteiger partial charge in [-0.2, -0.15) is 0 Å². The van der Waals surface area contributed by atoms with Gasteiger partial charge in [0.05, 0.1) is 28.6 Å². The lowest BCUT2D eigenvalue weighted by Gasteiger charge is -2.23. The number of fused-ring (bicyclic) bond motifs is 1. The topological polar surface area (TPSA) is 79.8 Å². The summed E-state index contributed by atoms with van der Waals surface area (Å²) in [4.78, 5) is 45.3. The Bertz CT molecular complexity index is 1190. The predicted molar refractivity (Wildman–Crippen MR) is 128 cm³/mol. The molecule has 2 aromatic carbocycles. The number of hydrogen-bond donors (Lipinski definition) is 0. The number of carbonyl (C=O) groups excluding carboxylic acids is 3. The molecule has 1 aromatic heterocycles. The van der Waals surface area contributed by atoms with Gasteiger partial charge in [-0.3, -0.25) is 24.2 Å². The maximum atomic E-state index is 13.6. The fourth-order valence-corrected chi connectivity index (χ4v) is 5.35. The summed E-state index contributed by atoms with van der Waals surface area (Å²) < 4.78 is 6.86. The minimum atomic E-state index is -0.209. The number of rotatable bonds is 5. The Morgan fingerprint density at radius 3 is 2.48 bits per heavy atom. The summed E-state index contributed by atoms with van der Waals surface area (Å²) in [5.74, 6) is -0.595. The molecule has 0 saturated carbocycles. The highest BCUT2D eigenvalue weighted by atomic mass is 32.1. The number of thiazole rings is 1. The first-order valence-corrected chi connectivity index (χ1v) is 12.0. The van der Waals surface area contributed by atoms with E-state index in [1.165, 1.54) is 21.8 Å². The van der Waals surface area contributed by atoms with Crippen LogP contribution in [0.5, 0.6) is 0 Å². The van der Waals surface area contributed by atoms with Crippen LogP contribution in [0.2, 0.25) is 0 Å². The molecule has 2 fully saturated rings. The molecule has 1 unspecified atom stereocenters. The second-order valence-corrected chi connectivity index (χ2v) is 9.63. The molecule has 2 aliphatic heterocycles. The molecular weight excluding hydrogens is 438 g/mol. The maximum absolute atomic E-state index is 13.6. The Balaban J connectivity index is 1.47. The zero-order valence-electron chi connectivity index (χ0n) is 18.7. The highest BCUT2D eigenvalue weighted by Crippen LogP contribution is 2.33. The molecule has 170 valence electrons. The highest BCUT2D eigenvalue weighted by Gasteiger charge is 2.31. The van der Waals surface area contributed by atoms with E-state index in [1.54, 1.807) is 29.2 Å². The Labute approximate surface area is 196 Å². The van der Waals surface area contributed by atoms with Crippen LogP contribution < -0.4 is 9.80 Å². The van der Waals surface area contributed by atoms with Gasteiger partial charge in [0.1, 0.15) is 0 Å². The second-order valence-electron chi connectivity index (χ2n) is 8.62. The van der Waals surface area contributed by atoms with E-state index in [4.69, 9.17) is 9.72 Å². The number of aromatic nitrogens is 1. The summed E-state index contributed by atoms with van der Waals surface area (Å²) >= 11 is 1.50. The van der Waals surface area contributed by atoms with Crippen LogP contribution in [0.1, 0.15) is 47.2 Å². The first kappa shape index (κ1) is 21.7. The van der Waals surface area contributed by atoms with E-state index < -0.39 is 0 Å². The summed E-state index contributed by atoms with van der Waals surface area (Å²) in [6, 6.07) is 10.8. The molecule has 0 bridgehead atoms. The molecular formula is C25H25N3O4S. The van der Waals surface area contributed by atoms with E-state index in [0.29, 0.717) is 29.5 Å². The molecule has 8 heteroatoms. The normalized spacial score (nSPS) is 18.5. The number of hydrogen-bond acceptors (Lipinski definition) is 6. The highest BCUT2D eigenvalue weighted by molar-refractivity contribution is 7.22. The third-order valence-corrected chi connectivity index (χ3v) is 7.34. The van der Waals surface area contributed by atoms with Gasteiger partial charge in [-0.15, -0.1) is 0 Å². The quantitative estimate of drug-likeness (QED) is 0.524. The molecule has 0 spiro atoms. The van der Waals surface area contributed by atoms with Crippen molar-refractivity contribution in [2.24, 2.45) is 0 Å². The minimum Gasteiger partial charge on any atom is -0.376 e. The Morgan fingerprint density at radius 2 is 1.82 bits per heavy atom. The fraction of sp³-hybridized carbons (Fsp3) is 0.360. The zero-order chi connectivity index (χ0) is 23.1. The Hall–Kier alpha value is -3.10. The number of amides is 3. The van der Waals surface area contributed by atoms with Crippen LogP contribution in [0, 0.1) is 13.8 Å². The molecule has 5 rings (SSSR count). The number of anilines is 2. The molecule has 7 nitrogen and oxygen atoms in total. The second kappa shape index (κ2) is 8.68. The van der Waals surface area contributed by atoms with E-state index >= 15 is 0 Å². The summed E-state index contributed by atoms with van der Waals surface area (Å²) in [5, 5.41) is 0.643. The molecule has 3 aromatic rings. The van der Waals surface area contributed by atoms with Crippen molar-refractivity contribution in [2.45, 2.75) is 45.6 Å². The van der Waals surface area contributed by atoms with Gasteiger partial charge in [0.15, 0.2) is 5.13 Å². The molecule has 2 aliphatic rings. The minimum absolute atomic E-state index is 0.0245. The lowest BCUT2D eigenvalue weighted by Crippen LogP contribution is -2.37. The standard InChI is InChI=1S/C25H25N3O4S/c1-15-12-20-21(13-16(15)2)33-25(26-20)27(14-19-4-3-11-32-19)24(31)17-5-7-18(8-6-17)28-22(29)9-10-23(28)30/h5-8,12-13,19H,3-4,9-11,14H2,1-2H3. The van der Waals surface area contributed by atoms with Crippen molar-refractivity contribution in [3.8, 4) is 0 Å². The summed E-state index contributed by atoms with van der Waals surface area (Å²) in [5.41, 5.74) is 4.21. The van der Waals surface area contributed by atoms with Crippen LogP contribution >= 0.6 is 11.3 Å². The monoisotopic (exact) mass is 463 g/mol. The van der Waals surface area contributed by atoms with Crippen molar-refractivity contribution >= 4 is 50.1 Å². The molecule has 1 atom stereocenters. The number of benzene rings is 2. The average molecular weight is 464 g/mol. The molecule has 2 saturated heterocycles. The van der Waals surface area contributed by atoms with Gasteiger partial charge in [0.25, 0.3) is 5.91 Å². The van der Waals surface area contributed by atoms with Crippen LogP contribution in [0.3, 0.4) is 0 Å². The van der Waals surface area contributed by atoms with Gasteiger partial charge >= 0.3 is 0 Å². The number of nitrogens with zero attached hydrogens (tertiary/aromatic N) is 3. The molecule has 0 N–H and O–H groups in total. The number of aryl methyl sites for hydroxylation is 2. The van der Waals surface area contributed by atoms with E-state index in [1.807, 2.05) is 0 Å². The molecule has 0 radical (unpaired) electrons. The van der Waals surface area contributed by atoms with Gasteiger partial charge in [-0.25, -0.2) is 4.98 Å². The van der Waals surface area contributed by atoms with Crippen LogP contribution in [-0.4, -0.2) is 42.0 Å². The van der Waals surface area contributed by atoms with Crippen molar-refractivity contribution in [1.29, 1.82) is 0 Å². The SMILES string of the molecule is Cc1cc2nc(N(CC3CCCO3)C(=O)c3ccc(N4C(=O)CCC4=O)cc3)sc2cc1C. The van der Waals surface area contributed by atoms with E-state index in [-0.39, 0.29) is 36.7 Å². The first-order valence-electron chi connectivity index (χ1n) is 11.2. The lowest BCUT2D eigenvalue weighted by molar-refractivity contribution is -0.121. The molecule has 33 heavy (non-hydrogen) atoms. The molecule has 0 aliphatic carbocycles. The summed E-state index contributed by atoms with van der Waals surface area (Å²) in [6.45, 7) is 5.26. The zero-order valence-corrected chi connectivity index (χ0v) is 19.5. The Morgan fingerprint density at radius 1 is 1.12 bits per heavy atom. The number of carbonyl (C=O) groups is 3.